The van der Waals surface area contributed by atoms with Crippen molar-refractivity contribution in [2.24, 2.45) is 11.7 Å². The topological polar surface area (TPSA) is 91.8 Å². The highest BCUT2D eigenvalue weighted by Crippen LogP contribution is 2.35. The maximum absolute atomic E-state index is 6.42. The van der Waals surface area contributed by atoms with Gasteiger partial charge in [-0.25, -0.2) is 11.7 Å². The van der Waals surface area contributed by atoms with Gasteiger partial charge in [0.25, 0.3) is 0 Å². The number of nitrogens with two attached hydrogens (primary N) is 2. The van der Waals surface area contributed by atoms with E-state index in [9.17, 15) is 0 Å². The third kappa shape index (κ3) is 3.96. The van der Waals surface area contributed by atoms with Crippen LogP contribution < -0.4 is 27.1 Å². The summed E-state index contributed by atoms with van der Waals surface area (Å²) in [5.41, 5.74) is 8.56. The Morgan fingerprint density at radius 1 is 0.706 bits per heavy atom. The maximum Gasteiger partial charge on any atom is 0.139 e. The first-order valence-electron chi connectivity index (χ1n) is 11.3. The van der Waals surface area contributed by atoms with Crippen molar-refractivity contribution < 1.29 is 4.74 Å². The van der Waals surface area contributed by atoms with Crippen LogP contribution in [0.1, 0.15) is 45.7 Å². The molecule has 2 heterocycles. The summed E-state index contributed by atoms with van der Waals surface area (Å²) in [7, 11) is 1.67. The molecule has 7 nitrogen and oxygen atoms in total. The predicted molar refractivity (Wildman–Crippen MR) is 135 cm³/mol. The van der Waals surface area contributed by atoms with Crippen LogP contribution in [-0.4, -0.2) is 17.1 Å². The van der Waals surface area contributed by atoms with Crippen molar-refractivity contribution in [3.63, 3.8) is 0 Å². The zero-order valence-corrected chi connectivity index (χ0v) is 19.6. The van der Waals surface area contributed by atoms with Gasteiger partial charge < -0.3 is 15.4 Å². The molecule has 3 aromatic carbocycles. The van der Waals surface area contributed by atoms with Gasteiger partial charge in [-0.1, -0.05) is 48.5 Å². The molecule has 0 bridgehead atoms. The molecule has 34 heavy (non-hydrogen) atoms. The summed E-state index contributed by atoms with van der Waals surface area (Å²) in [5.74, 6) is 13.6. The number of nitrogens with one attached hydrogen (secondary N) is 2. The molecule has 3 aromatic rings. The molecule has 0 spiro atoms. The Balaban J connectivity index is 1.43. The van der Waals surface area contributed by atoms with Gasteiger partial charge in [-0.3, -0.25) is 10.0 Å². The fourth-order valence-electron chi connectivity index (χ4n) is 4.60. The van der Waals surface area contributed by atoms with Crippen LogP contribution in [0.15, 0.2) is 79.1 Å². The smallest absolute Gasteiger partial charge is 0.139 e. The number of rotatable bonds is 5. The highest BCUT2D eigenvalue weighted by Gasteiger charge is 2.29. The third-order valence-corrected chi connectivity index (χ3v) is 6.43. The predicted octanol–water partition coefficient (Wildman–Crippen LogP) is 3.86. The van der Waals surface area contributed by atoms with Crippen LogP contribution in [0.5, 0.6) is 5.75 Å². The number of methoxy groups -OCH3 is 1. The van der Waals surface area contributed by atoms with Gasteiger partial charge in [-0.2, -0.15) is 0 Å². The maximum atomic E-state index is 6.42. The van der Waals surface area contributed by atoms with Gasteiger partial charge in [0.15, 0.2) is 0 Å². The largest absolute Gasteiger partial charge is 0.497 e. The van der Waals surface area contributed by atoms with E-state index in [0.717, 1.165) is 39.4 Å². The molecule has 2 aliphatic heterocycles. The first-order valence-corrected chi connectivity index (χ1v) is 11.3. The minimum atomic E-state index is -0.236. The molecule has 0 saturated carbocycles. The molecule has 0 aliphatic carbocycles. The van der Waals surface area contributed by atoms with Gasteiger partial charge in [0, 0.05) is 23.5 Å². The van der Waals surface area contributed by atoms with Crippen LogP contribution in [0.25, 0.3) is 11.4 Å². The van der Waals surface area contributed by atoms with E-state index in [0.29, 0.717) is 0 Å². The first kappa shape index (κ1) is 21.9. The highest BCUT2D eigenvalue weighted by atomic mass is 16.5. The summed E-state index contributed by atoms with van der Waals surface area (Å²) in [5, 5.41) is 10.5. The van der Waals surface area contributed by atoms with E-state index in [1.54, 1.807) is 17.1 Å². The molecular weight excluding hydrogens is 424 g/mol. The average molecular weight is 455 g/mol. The zero-order valence-electron chi connectivity index (χ0n) is 19.6. The van der Waals surface area contributed by atoms with Gasteiger partial charge in [0.2, 0.25) is 0 Å². The molecular formula is C27H30N6O. The summed E-state index contributed by atoms with van der Waals surface area (Å²) in [4.78, 5) is 0. The lowest BCUT2D eigenvalue weighted by molar-refractivity contribution is 0.284. The molecule has 6 N–H and O–H groups in total. The quantitative estimate of drug-likeness (QED) is 0.435. The van der Waals surface area contributed by atoms with E-state index in [4.69, 9.17) is 16.4 Å². The van der Waals surface area contributed by atoms with E-state index < -0.39 is 0 Å². The second-order valence-corrected chi connectivity index (χ2v) is 8.74. The number of hydrazine groups is 2. The Hall–Kier alpha value is -3.94. The van der Waals surface area contributed by atoms with Crippen molar-refractivity contribution in [3.05, 3.63) is 113 Å². The Morgan fingerprint density at radius 3 is 1.56 bits per heavy atom. The fourth-order valence-corrected chi connectivity index (χ4v) is 4.60. The molecule has 0 fully saturated rings. The molecule has 2 unspecified atom stereocenters. The van der Waals surface area contributed by atoms with Crippen LogP contribution in [0.3, 0.4) is 0 Å². The molecule has 174 valence electrons. The zero-order chi connectivity index (χ0) is 23.8. The third-order valence-electron chi connectivity index (χ3n) is 6.43. The molecule has 2 aliphatic rings. The van der Waals surface area contributed by atoms with E-state index in [1.165, 1.54) is 11.1 Å². The lowest BCUT2D eigenvalue weighted by Gasteiger charge is -2.26. The SMILES string of the molecule is COc1cc(C2NC(c3ccccc3C)=CN2N)cc(C2NC(c3ccccc3C)=CN2N)c1. The lowest BCUT2D eigenvalue weighted by Crippen LogP contribution is -2.34. The van der Waals surface area contributed by atoms with Crippen LogP contribution in [0.4, 0.5) is 0 Å². The minimum Gasteiger partial charge on any atom is -0.497 e. The number of aryl methyl sites for hydroxylation is 2. The van der Waals surface area contributed by atoms with E-state index in [1.807, 2.05) is 48.8 Å². The molecule has 5 rings (SSSR count). The monoisotopic (exact) mass is 454 g/mol. The molecule has 0 aromatic heterocycles. The summed E-state index contributed by atoms with van der Waals surface area (Å²) in [6.45, 7) is 4.19. The fraction of sp³-hybridized carbons (Fsp3) is 0.185. The normalized spacial score (nSPS) is 19.4. The highest BCUT2D eigenvalue weighted by molar-refractivity contribution is 5.69. The van der Waals surface area contributed by atoms with Gasteiger partial charge in [0.1, 0.15) is 18.1 Å². The van der Waals surface area contributed by atoms with Crippen molar-refractivity contribution in [1.82, 2.24) is 20.7 Å². The standard InChI is InChI=1S/C27H30N6O/c1-17-8-4-6-10-22(17)24-15-32(28)26(30-24)19-12-20(14-21(13-19)34-3)27-31-25(16-33(27)29)23-11-7-5-9-18(23)2/h4-16,26-27,30-31H,28-29H2,1-3H3. The van der Waals surface area contributed by atoms with Gasteiger partial charge in [-0.05, 0) is 54.3 Å². The van der Waals surface area contributed by atoms with Crippen molar-refractivity contribution in [2.45, 2.75) is 26.2 Å². The van der Waals surface area contributed by atoms with E-state index in [2.05, 4.69) is 54.8 Å². The van der Waals surface area contributed by atoms with Gasteiger partial charge in [0.05, 0.1) is 18.5 Å². The van der Waals surface area contributed by atoms with Gasteiger partial charge >= 0.3 is 0 Å². The van der Waals surface area contributed by atoms with E-state index >= 15 is 0 Å². The summed E-state index contributed by atoms with van der Waals surface area (Å²) < 4.78 is 5.64. The molecule has 7 heteroatoms. The van der Waals surface area contributed by atoms with Crippen LogP contribution in [0.2, 0.25) is 0 Å². The number of nitrogens with zero attached hydrogens (tertiary/aromatic N) is 2. The number of hydrogen-bond acceptors (Lipinski definition) is 7. The molecule has 0 amide bonds. The average Bonchev–Trinajstić information content (AvgIpc) is 3.42. The lowest BCUT2D eigenvalue weighted by atomic mass is 10.0. The number of ether oxygens (including phenoxy) is 1. The van der Waals surface area contributed by atoms with E-state index in [-0.39, 0.29) is 12.3 Å². The first-order chi connectivity index (χ1) is 16.4. The van der Waals surface area contributed by atoms with Crippen LogP contribution in [-0.2, 0) is 0 Å². The van der Waals surface area contributed by atoms with Crippen molar-refractivity contribution in [3.8, 4) is 5.75 Å². The Morgan fingerprint density at radius 2 is 1.15 bits per heavy atom. The Kier molecular flexibility index (Phi) is 5.65. The van der Waals surface area contributed by atoms with Crippen molar-refractivity contribution in [1.29, 1.82) is 0 Å². The molecule has 0 radical (unpaired) electrons. The molecule has 2 atom stereocenters. The number of benzene rings is 3. The second kappa shape index (κ2) is 8.78. The Labute approximate surface area is 200 Å². The van der Waals surface area contributed by atoms with Crippen LogP contribution in [0, 0.1) is 13.8 Å². The summed E-state index contributed by atoms with van der Waals surface area (Å²) >= 11 is 0. The van der Waals surface area contributed by atoms with Gasteiger partial charge in [-0.15, -0.1) is 0 Å². The minimum absolute atomic E-state index is 0.236. The molecule has 0 saturated heterocycles. The summed E-state index contributed by atoms with van der Waals surface area (Å²) in [6, 6.07) is 22.6. The second-order valence-electron chi connectivity index (χ2n) is 8.74. The number of hydrogen-bond donors (Lipinski definition) is 4. The van der Waals surface area contributed by atoms with Crippen molar-refractivity contribution >= 4 is 11.4 Å². The Bertz CT molecular complexity index is 1190. The van der Waals surface area contributed by atoms with Crippen molar-refractivity contribution in [2.75, 3.05) is 7.11 Å². The summed E-state index contributed by atoms with van der Waals surface area (Å²) in [6.07, 6.45) is 3.40. The van der Waals surface area contributed by atoms with Crippen LogP contribution >= 0.6 is 0 Å².